The number of nitrogens with one attached hydrogen (secondary N) is 1. The number of ether oxygens (including phenoxy) is 1. The average molecular weight is 504 g/mol. The Morgan fingerprint density at radius 1 is 1.06 bits per heavy atom. The largest absolute Gasteiger partial charge is 0.490 e. The van der Waals surface area contributed by atoms with Gasteiger partial charge in [-0.1, -0.05) is 11.6 Å². The van der Waals surface area contributed by atoms with E-state index in [9.17, 15) is 21.2 Å². The van der Waals surface area contributed by atoms with Gasteiger partial charge in [-0.25, -0.2) is 30.3 Å². The highest BCUT2D eigenvalue weighted by molar-refractivity contribution is 7.92. The third-order valence-electron chi connectivity index (χ3n) is 7.00. The van der Waals surface area contributed by atoms with Gasteiger partial charge in [-0.3, -0.25) is 0 Å². The van der Waals surface area contributed by atoms with Crippen LogP contribution >= 0.6 is 11.6 Å². The summed E-state index contributed by atoms with van der Waals surface area (Å²) >= 11 is 5.94. The highest BCUT2D eigenvalue weighted by Gasteiger charge is 2.63. The summed E-state index contributed by atoms with van der Waals surface area (Å²) < 4.78 is 88.9. The van der Waals surface area contributed by atoms with Crippen LogP contribution in [0, 0.1) is 23.5 Å². The van der Waals surface area contributed by atoms with Crippen molar-refractivity contribution in [3.05, 3.63) is 58.6 Å². The highest BCUT2D eigenvalue weighted by atomic mass is 35.5. The van der Waals surface area contributed by atoms with Gasteiger partial charge < -0.3 is 4.74 Å². The van der Waals surface area contributed by atoms with Gasteiger partial charge in [-0.15, -0.1) is 0 Å². The Bertz CT molecular complexity index is 1300. The molecule has 0 bridgehead atoms. The molecule has 2 aromatic carbocycles. The zero-order chi connectivity index (χ0) is 22.9. The van der Waals surface area contributed by atoms with E-state index in [0.29, 0.717) is 5.02 Å². The number of halogens is 3. The van der Waals surface area contributed by atoms with E-state index < -0.39 is 59.9 Å². The molecule has 1 saturated heterocycles. The number of rotatable bonds is 2. The lowest BCUT2D eigenvalue weighted by Crippen LogP contribution is -2.62. The van der Waals surface area contributed by atoms with Gasteiger partial charge in [-0.2, -0.15) is 0 Å². The minimum atomic E-state index is -4.26. The molecule has 1 saturated carbocycles. The molecule has 2 heterocycles. The van der Waals surface area contributed by atoms with E-state index in [2.05, 4.69) is 4.72 Å². The van der Waals surface area contributed by atoms with Crippen LogP contribution < -0.4 is 9.46 Å². The standard InChI is InChI=1S/C21H20ClF2NO5S2/c22-12-1-3-13(4-2-12)32(28,29)21-9-7-18-14(8-10-31(26,27)25-18)15(21)11-30-20-17(24)6-5-16(23)19(20)21/h1-6,14-15,18,25H,7-11H2/t14-,15-,18?,21-/m1/s1. The van der Waals surface area contributed by atoms with Gasteiger partial charge in [0.25, 0.3) is 0 Å². The van der Waals surface area contributed by atoms with Crippen LogP contribution in [-0.2, 0) is 24.6 Å². The SMILES string of the molecule is O=S1(=O)CC[C@H]2C(CC[C@]3(S(=O)(=O)c4ccc(Cl)cc4)c4c(F)ccc(F)c4OC[C@H]23)N1. The first kappa shape index (κ1) is 22.1. The molecule has 0 amide bonds. The zero-order valence-electron chi connectivity index (χ0n) is 16.7. The number of hydrogen-bond donors (Lipinski definition) is 1. The van der Waals surface area contributed by atoms with Crippen LogP contribution in [-0.4, -0.2) is 35.2 Å². The van der Waals surface area contributed by atoms with E-state index in [1.807, 2.05) is 0 Å². The van der Waals surface area contributed by atoms with Gasteiger partial charge in [0, 0.05) is 17.0 Å². The Hall–Kier alpha value is -1.75. The van der Waals surface area contributed by atoms with Crippen molar-refractivity contribution in [3.8, 4) is 5.75 Å². The van der Waals surface area contributed by atoms with E-state index in [0.717, 1.165) is 12.1 Å². The third-order valence-corrected chi connectivity index (χ3v) is 11.3. The fourth-order valence-electron chi connectivity index (χ4n) is 5.63. The van der Waals surface area contributed by atoms with Crippen molar-refractivity contribution in [3.63, 3.8) is 0 Å². The van der Waals surface area contributed by atoms with Crippen LogP contribution in [0.5, 0.6) is 5.75 Å². The minimum absolute atomic E-state index is 0.0572. The quantitative estimate of drug-likeness (QED) is 0.678. The summed E-state index contributed by atoms with van der Waals surface area (Å²) in [7, 11) is -7.72. The molecule has 1 aliphatic carbocycles. The van der Waals surface area contributed by atoms with Gasteiger partial charge in [0.2, 0.25) is 10.0 Å². The van der Waals surface area contributed by atoms with E-state index in [1.165, 1.54) is 24.3 Å². The molecular formula is C21H20ClF2NO5S2. The molecule has 5 rings (SSSR count). The molecule has 1 N–H and O–H groups in total. The Kier molecular flexibility index (Phi) is 5.09. The monoisotopic (exact) mass is 503 g/mol. The maximum atomic E-state index is 15.3. The fourth-order valence-corrected chi connectivity index (χ4v) is 9.61. The van der Waals surface area contributed by atoms with Crippen molar-refractivity contribution in [1.29, 1.82) is 0 Å². The second kappa shape index (κ2) is 7.38. The molecule has 11 heteroatoms. The van der Waals surface area contributed by atoms with Crippen LogP contribution in [0.4, 0.5) is 8.78 Å². The smallest absolute Gasteiger partial charge is 0.211 e. The summed E-state index contributed by atoms with van der Waals surface area (Å²) in [6.07, 6.45) is 0.295. The average Bonchev–Trinajstić information content (AvgIpc) is 2.75. The molecule has 2 aliphatic heterocycles. The zero-order valence-corrected chi connectivity index (χ0v) is 19.1. The van der Waals surface area contributed by atoms with E-state index >= 15 is 4.39 Å². The normalized spacial score (nSPS) is 31.0. The molecule has 172 valence electrons. The molecule has 4 atom stereocenters. The Labute approximate surface area is 189 Å². The maximum absolute atomic E-state index is 15.3. The summed E-state index contributed by atoms with van der Waals surface area (Å²) in [5.74, 6) is -3.44. The molecule has 0 spiro atoms. The van der Waals surface area contributed by atoms with Gasteiger partial charge in [-0.05, 0) is 61.6 Å². The maximum Gasteiger partial charge on any atom is 0.211 e. The van der Waals surface area contributed by atoms with Crippen LogP contribution in [0.3, 0.4) is 0 Å². The fraction of sp³-hybridized carbons (Fsp3) is 0.429. The second-order valence-electron chi connectivity index (χ2n) is 8.53. The lowest BCUT2D eigenvalue weighted by molar-refractivity contribution is 0.0537. The number of hydrogen-bond acceptors (Lipinski definition) is 5. The molecule has 6 nitrogen and oxygen atoms in total. The number of sulfonamides is 1. The summed E-state index contributed by atoms with van der Waals surface area (Å²) in [6, 6.07) is 6.91. The first-order chi connectivity index (χ1) is 15.1. The molecule has 32 heavy (non-hydrogen) atoms. The topological polar surface area (TPSA) is 89.5 Å². The van der Waals surface area contributed by atoms with E-state index in [-0.39, 0.29) is 42.1 Å². The first-order valence-electron chi connectivity index (χ1n) is 10.2. The van der Waals surface area contributed by atoms with Crippen molar-refractivity contribution < 1.29 is 30.4 Å². The molecule has 3 aliphatic rings. The number of fused-ring (bicyclic) bond motifs is 5. The Morgan fingerprint density at radius 3 is 2.47 bits per heavy atom. The van der Waals surface area contributed by atoms with Gasteiger partial charge in [0.05, 0.1) is 22.8 Å². The minimum Gasteiger partial charge on any atom is -0.490 e. The number of sulfone groups is 1. The van der Waals surface area contributed by atoms with Crippen LogP contribution in [0.2, 0.25) is 5.02 Å². The van der Waals surface area contributed by atoms with Crippen molar-refractivity contribution in [1.82, 2.24) is 4.72 Å². The van der Waals surface area contributed by atoms with Gasteiger partial charge in [0.1, 0.15) is 10.6 Å². The van der Waals surface area contributed by atoms with Crippen molar-refractivity contribution >= 4 is 31.5 Å². The summed E-state index contributed by atoms with van der Waals surface area (Å²) in [6.45, 7) is -0.164. The lowest BCUT2D eigenvalue weighted by Gasteiger charge is -2.54. The first-order valence-corrected chi connectivity index (χ1v) is 13.7. The van der Waals surface area contributed by atoms with E-state index in [4.69, 9.17) is 16.3 Å². The molecule has 0 aromatic heterocycles. The van der Waals surface area contributed by atoms with Crippen molar-refractivity contribution in [2.75, 3.05) is 12.4 Å². The van der Waals surface area contributed by atoms with Crippen molar-refractivity contribution in [2.45, 2.75) is 34.9 Å². The van der Waals surface area contributed by atoms with Crippen molar-refractivity contribution in [2.24, 2.45) is 11.8 Å². The van der Waals surface area contributed by atoms with E-state index in [1.54, 1.807) is 0 Å². The molecule has 2 fully saturated rings. The summed E-state index contributed by atoms with van der Waals surface area (Å²) in [4.78, 5) is -0.0572. The Morgan fingerprint density at radius 2 is 1.75 bits per heavy atom. The molecule has 1 unspecified atom stereocenters. The molecule has 2 aromatic rings. The third kappa shape index (κ3) is 3.10. The Balaban J connectivity index is 1.76. The van der Waals surface area contributed by atoms with Crippen LogP contribution in [0.1, 0.15) is 24.8 Å². The number of benzene rings is 2. The molecule has 0 radical (unpaired) electrons. The van der Waals surface area contributed by atoms with Crippen LogP contribution in [0.25, 0.3) is 0 Å². The second-order valence-corrected chi connectivity index (χ2v) is 13.0. The highest BCUT2D eigenvalue weighted by Crippen LogP contribution is 2.59. The lowest BCUT2D eigenvalue weighted by atomic mass is 9.64. The summed E-state index contributed by atoms with van der Waals surface area (Å²) in [5, 5.41) is 0.341. The van der Waals surface area contributed by atoms with Gasteiger partial charge >= 0.3 is 0 Å². The predicted octanol–water partition coefficient (Wildman–Crippen LogP) is 3.40. The molecular weight excluding hydrogens is 484 g/mol. The van der Waals surface area contributed by atoms with Crippen LogP contribution in [0.15, 0.2) is 41.3 Å². The predicted molar refractivity (Wildman–Crippen MR) is 114 cm³/mol. The summed E-state index contributed by atoms with van der Waals surface area (Å²) in [5.41, 5.74) is -0.310. The van der Waals surface area contributed by atoms with Gasteiger partial charge in [0.15, 0.2) is 21.4 Å².